The molecule has 1 aromatic heterocycles. The Morgan fingerprint density at radius 3 is 2.50 bits per heavy atom. The van der Waals surface area contributed by atoms with Crippen LogP contribution in [0.2, 0.25) is 0 Å². The molecule has 2 N–H and O–H groups in total. The van der Waals surface area contributed by atoms with E-state index in [2.05, 4.69) is 41.3 Å². The Morgan fingerprint density at radius 1 is 1.12 bits per heavy atom. The maximum Gasteiger partial charge on any atom is 0.251 e. The number of amides is 2. The molecular weight excluding hydrogens is 446 g/mol. The molecule has 1 heterocycles. The van der Waals surface area contributed by atoms with Gasteiger partial charge < -0.3 is 15.2 Å². The third kappa shape index (κ3) is 6.57. The SMILES string of the molecule is C=CCn1c(SCC(=O)Nc2ccc(C(C)C)cc2)nnc1[C@H](C)NC(=O)c1cccc(C)c1. The summed E-state index contributed by atoms with van der Waals surface area (Å²) < 4.78 is 1.86. The minimum Gasteiger partial charge on any atom is -0.342 e. The average molecular weight is 478 g/mol. The van der Waals surface area contributed by atoms with Crippen molar-refractivity contribution in [3.63, 3.8) is 0 Å². The molecule has 0 saturated heterocycles. The molecular formula is C26H31N5O2S. The van der Waals surface area contributed by atoms with Gasteiger partial charge in [-0.25, -0.2) is 0 Å². The van der Waals surface area contributed by atoms with Crippen LogP contribution in [0.3, 0.4) is 0 Å². The molecule has 7 nitrogen and oxygen atoms in total. The highest BCUT2D eigenvalue weighted by Crippen LogP contribution is 2.22. The lowest BCUT2D eigenvalue weighted by Crippen LogP contribution is -2.28. The summed E-state index contributed by atoms with van der Waals surface area (Å²) in [5, 5.41) is 15.0. The van der Waals surface area contributed by atoms with Gasteiger partial charge in [0.25, 0.3) is 5.91 Å². The van der Waals surface area contributed by atoms with Crippen LogP contribution in [0, 0.1) is 6.92 Å². The zero-order valence-electron chi connectivity index (χ0n) is 20.0. The van der Waals surface area contributed by atoms with Crippen molar-refractivity contribution >= 4 is 29.3 Å². The second-order valence-corrected chi connectivity index (χ2v) is 9.36. The fourth-order valence-electron chi connectivity index (χ4n) is 3.44. The minimum absolute atomic E-state index is 0.127. The molecule has 0 unspecified atom stereocenters. The van der Waals surface area contributed by atoms with Crippen molar-refractivity contribution < 1.29 is 9.59 Å². The zero-order chi connectivity index (χ0) is 24.7. The van der Waals surface area contributed by atoms with Gasteiger partial charge in [-0.2, -0.15) is 0 Å². The largest absolute Gasteiger partial charge is 0.342 e. The van der Waals surface area contributed by atoms with Gasteiger partial charge in [-0.15, -0.1) is 16.8 Å². The molecule has 0 fully saturated rings. The van der Waals surface area contributed by atoms with Crippen molar-refractivity contribution in [1.82, 2.24) is 20.1 Å². The third-order valence-electron chi connectivity index (χ3n) is 5.27. The number of carbonyl (C=O) groups is 2. The molecule has 3 aromatic rings. The molecule has 0 aliphatic heterocycles. The summed E-state index contributed by atoms with van der Waals surface area (Å²) in [6.07, 6.45) is 1.74. The number of thioether (sulfide) groups is 1. The Labute approximate surface area is 205 Å². The first-order valence-corrected chi connectivity index (χ1v) is 12.2. The summed E-state index contributed by atoms with van der Waals surface area (Å²) >= 11 is 1.29. The first-order chi connectivity index (χ1) is 16.3. The van der Waals surface area contributed by atoms with Crippen LogP contribution in [0.1, 0.15) is 60.0 Å². The third-order valence-corrected chi connectivity index (χ3v) is 6.23. The lowest BCUT2D eigenvalue weighted by atomic mass is 10.0. The van der Waals surface area contributed by atoms with Crippen LogP contribution >= 0.6 is 11.8 Å². The van der Waals surface area contributed by atoms with E-state index in [1.807, 2.05) is 60.9 Å². The van der Waals surface area contributed by atoms with E-state index < -0.39 is 0 Å². The van der Waals surface area contributed by atoms with Gasteiger partial charge in [0, 0.05) is 17.8 Å². The number of aromatic nitrogens is 3. The van der Waals surface area contributed by atoms with Gasteiger partial charge in [-0.05, 0) is 49.6 Å². The summed E-state index contributed by atoms with van der Waals surface area (Å²) in [5.74, 6) is 0.924. The molecule has 178 valence electrons. The second kappa shape index (κ2) is 11.7. The van der Waals surface area contributed by atoms with E-state index in [4.69, 9.17) is 0 Å². The number of anilines is 1. The van der Waals surface area contributed by atoms with Gasteiger partial charge in [-0.3, -0.25) is 9.59 Å². The van der Waals surface area contributed by atoms with Crippen LogP contribution in [0.15, 0.2) is 66.3 Å². The van der Waals surface area contributed by atoms with E-state index >= 15 is 0 Å². The molecule has 0 aliphatic carbocycles. The monoisotopic (exact) mass is 477 g/mol. The van der Waals surface area contributed by atoms with Gasteiger partial charge >= 0.3 is 0 Å². The molecule has 34 heavy (non-hydrogen) atoms. The number of rotatable bonds is 10. The van der Waals surface area contributed by atoms with Crippen molar-refractivity contribution in [2.75, 3.05) is 11.1 Å². The zero-order valence-corrected chi connectivity index (χ0v) is 20.9. The van der Waals surface area contributed by atoms with Gasteiger partial charge in [0.1, 0.15) is 0 Å². The predicted molar refractivity (Wildman–Crippen MR) is 137 cm³/mol. The van der Waals surface area contributed by atoms with Crippen molar-refractivity contribution in [2.45, 2.75) is 51.4 Å². The van der Waals surface area contributed by atoms with E-state index in [0.717, 1.165) is 11.3 Å². The lowest BCUT2D eigenvalue weighted by molar-refractivity contribution is -0.113. The van der Waals surface area contributed by atoms with Gasteiger partial charge in [-0.1, -0.05) is 61.5 Å². The highest BCUT2D eigenvalue weighted by atomic mass is 32.2. The molecule has 2 aromatic carbocycles. The van der Waals surface area contributed by atoms with E-state index in [1.54, 1.807) is 12.1 Å². The Kier molecular flexibility index (Phi) is 8.65. The number of nitrogens with zero attached hydrogens (tertiary/aromatic N) is 3. The van der Waals surface area contributed by atoms with Crippen LogP contribution in [0.4, 0.5) is 5.69 Å². The Hall–Kier alpha value is -3.39. The van der Waals surface area contributed by atoms with Crippen molar-refractivity contribution in [3.05, 3.63) is 83.7 Å². The summed E-state index contributed by atoms with van der Waals surface area (Å²) in [4.78, 5) is 25.1. The second-order valence-electron chi connectivity index (χ2n) is 8.42. The van der Waals surface area contributed by atoms with E-state index in [-0.39, 0.29) is 23.6 Å². The number of benzene rings is 2. The number of carbonyl (C=O) groups excluding carboxylic acids is 2. The average Bonchev–Trinajstić information content (AvgIpc) is 3.21. The maximum atomic E-state index is 12.7. The smallest absolute Gasteiger partial charge is 0.251 e. The Morgan fingerprint density at radius 2 is 1.85 bits per heavy atom. The maximum absolute atomic E-state index is 12.7. The highest BCUT2D eigenvalue weighted by molar-refractivity contribution is 7.99. The van der Waals surface area contributed by atoms with E-state index in [1.165, 1.54) is 17.3 Å². The quantitative estimate of drug-likeness (QED) is 0.313. The number of nitrogens with one attached hydrogen (secondary N) is 2. The van der Waals surface area contributed by atoms with Crippen LogP contribution in [0.5, 0.6) is 0 Å². The first-order valence-electron chi connectivity index (χ1n) is 11.2. The number of aryl methyl sites for hydroxylation is 1. The van der Waals surface area contributed by atoms with Crippen LogP contribution < -0.4 is 10.6 Å². The lowest BCUT2D eigenvalue weighted by Gasteiger charge is -2.15. The molecule has 2 amide bonds. The predicted octanol–water partition coefficient (Wildman–Crippen LogP) is 5.12. The fraction of sp³-hybridized carbons (Fsp3) is 0.308. The fourth-order valence-corrected chi connectivity index (χ4v) is 4.19. The number of hydrogen-bond acceptors (Lipinski definition) is 5. The topological polar surface area (TPSA) is 88.9 Å². The molecule has 8 heteroatoms. The van der Waals surface area contributed by atoms with Crippen LogP contribution in [0.25, 0.3) is 0 Å². The van der Waals surface area contributed by atoms with E-state index in [9.17, 15) is 9.59 Å². The van der Waals surface area contributed by atoms with Gasteiger partial charge in [0.15, 0.2) is 11.0 Å². The Bertz CT molecular complexity index is 1150. The molecule has 3 rings (SSSR count). The summed E-state index contributed by atoms with van der Waals surface area (Å²) in [6, 6.07) is 14.9. The minimum atomic E-state index is -0.372. The van der Waals surface area contributed by atoms with Crippen molar-refractivity contribution in [2.24, 2.45) is 0 Å². The summed E-state index contributed by atoms with van der Waals surface area (Å²) in [7, 11) is 0. The van der Waals surface area contributed by atoms with Crippen molar-refractivity contribution in [3.8, 4) is 0 Å². The molecule has 0 spiro atoms. The van der Waals surface area contributed by atoms with Crippen LogP contribution in [-0.4, -0.2) is 32.3 Å². The van der Waals surface area contributed by atoms with Gasteiger partial charge in [0.05, 0.1) is 11.8 Å². The number of hydrogen-bond donors (Lipinski definition) is 2. The first kappa shape index (κ1) is 25.2. The van der Waals surface area contributed by atoms with E-state index in [0.29, 0.717) is 29.0 Å². The molecule has 0 bridgehead atoms. The van der Waals surface area contributed by atoms with Crippen molar-refractivity contribution in [1.29, 1.82) is 0 Å². The molecule has 0 saturated carbocycles. The molecule has 0 aliphatic rings. The number of allylic oxidation sites excluding steroid dienone is 1. The molecule has 1 atom stereocenters. The van der Waals surface area contributed by atoms with Gasteiger partial charge in [0.2, 0.25) is 5.91 Å². The Balaban J connectivity index is 1.64. The standard InChI is InChI=1S/C26H31N5O2S/c1-6-14-31-24(19(5)27-25(33)21-9-7-8-18(4)15-21)29-30-26(31)34-16-23(32)28-22-12-10-20(11-13-22)17(2)3/h6-13,15,17,19H,1,14,16H2,2-5H3,(H,27,33)(H,28,32)/t19-/m0/s1. The van der Waals surface area contributed by atoms with Crippen LogP contribution in [-0.2, 0) is 11.3 Å². The summed E-state index contributed by atoms with van der Waals surface area (Å²) in [5.41, 5.74) is 3.59. The summed E-state index contributed by atoms with van der Waals surface area (Å²) in [6.45, 7) is 12.3. The highest BCUT2D eigenvalue weighted by Gasteiger charge is 2.20. The normalized spacial score (nSPS) is 11.8. The molecule has 0 radical (unpaired) electrons.